The largest absolute Gasteiger partial charge is 0.327 e. The highest BCUT2D eigenvalue weighted by atomic mass is 16.1. The minimum atomic E-state index is 0.00782. The fourth-order valence-electron chi connectivity index (χ4n) is 1.19. The number of pyridine rings is 1. The number of aromatic amines is 1. The van der Waals surface area contributed by atoms with Crippen LogP contribution >= 0.6 is 0 Å². The van der Waals surface area contributed by atoms with E-state index in [9.17, 15) is 4.79 Å². The predicted octanol–water partition coefficient (Wildman–Crippen LogP) is 1.64. The Morgan fingerprint density at radius 2 is 2.18 bits per heavy atom. The van der Waals surface area contributed by atoms with Crippen molar-refractivity contribution in [1.29, 1.82) is 0 Å². The molecule has 0 spiro atoms. The number of aryl methyl sites for hydroxylation is 2. The third kappa shape index (κ3) is 2.22. The van der Waals surface area contributed by atoms with Gasteiger partial charge in [0.2, 0.25) is 5.56 Å². The van der Waals surface area contributed by atoms with E-state index in [2.05, 4.69) is 11.9 Å². The van der Waals surface area contributed by atoms with Gasteiger partial charge in [0.05, 0.1) is 0 Å². The van der Waals surface area contributed by atoms with Crippen LogP contribution in [0.15, 0.2) is 16.9 Å². The van der Waals surface area contributed by atoms with Gasteiger partial charge in [-0.2, -0.15) is 0 Å². The first-order valence-electron chi connectivity index (χ1n) is 3.92. The summed E-state index contributed by atoms with van der Waals surface area (Å²) in [6, 6.07) is 3.68. The lowest BCUT2D eigenvalue weighted by molar-refractivity contribution is 0.910. The van der Waals surface area contributed by atoms with E-state index in [0.29, 0.717) is 0 Å². The molecule has 11 heavy (non-hydrogen) atoms. The number of aromatic nitrogens is 1. The Labute approximate surface area is 66.3 Å². The smallest absolute Gasteiger partial charge is 0.248 e. The highest BCUT2D eigenvalue weighted by molar-refractivity contribution is 5.15. The number of hydrogen-bond donors (Lipinski definition) is 1. The molecule has 1 aromatic heterocycles. The molecule has 2 nitrogen and oxygen atoms in total. The average Bonchev–Trinajstić information content (AvgIpc) is 1.85. The van der Waals surface area contributed by atoms with Gasteiger partial charge in [-0.15, -0.1) is 0 Å². The van der Waals surface area contributed by atoms with Gasteiger partial charge in [0.25, 0.3) is 0 Å². The van der Waals surface area contributed by atoms with Gasteiger partial charge in [-0.25, -0.2) is 0 Å². The molecular weight excluding hydrogens is 138 g/mol. The second-order valence-electron chi connectivity index (χ2n) is 2.79. The summed E-state index contributed by atoms with van der Waals surface area (Å²) in [7, 11) is 0. The minimum absolute atomic E-state index is 0.00782. The fraction of sp³-hybridized carbons (Fsp3) is 0.444. The number of hydrogen-bond acceptors (Lipinski definition) is 1. The van der Waals surface area contributed by atoms with Crippen LogP contribution in [0.4, 0.5) is 0 Å². The Kier molecular flexibility index (Phi) is 2.47. The third-order valence-electron chi connectivity index (χ3n) is 1.58. The summed E-state index contributed by atoms with van der Waals surface area (Å²) in [6.45, 7) is 4.01. The number of nitrogens with one attached hydrogen (secondary N) is 1. The van der Waals surface area contributed by atoms with Crippen molar-refractivity contribution in [3.8, 4) is 0 Å². The normalized spacial score (nSPS) is 10.0. The second kappa shape index (κ2) is 3.37. The van der Waals surface area contributed by atoms with Crippen molar-refractivity contribution in [2.24, 2.45) is 0 Å². The molecular formula is C9H13NO. The minimum Gasteiger partial charge on any atom is -0.327 e. The lowest BCUT2D eigenvalue weighted by atomic mass is 10.1. The van der Waals surface area contributed by atoms with Crippen molar-refractivity contribution >= 4 is 0 Å². The zero-order valence-corrected chi connectivity index (χ0v) is 6.98. The van der Waals surface area contributed by atoms with Crippen molar-refractivity contribution < 1.29 is 0 Å². The first-order valence-corrected chi connectivity index (χ1v) is 3.92. The van der Waals surface area contributed by atoms with Crippen LogP contribution in [0.5, 0.6) is 0 Å². The number of rotatable bonds is 2. The Morgan fingerprint density at radius 1 is 1.45 bits per heavy atom. The molecule has 0 amide bonds. The van der Waals surface area contributed by atoms with Gasteiger partial charge in [-0.05, 0) is 25.0 Å². The van der Waals surface area contributed by atoms with E-state index in [1.54, 1.807) is 6.07 Å². The maximum atomic E-state index is 10.9. The van der Waals surface area contributed by atoms with Gasteiger partial charge < -0.3 is 4.98 Å². The molecule has 1 rings (SSSR count). The fourth-order valence-corrected chi connectivity index (χ4v) is 1.19. The third-order valence-corrected chi connectivity index (χ3v) is 1.58. The van der Waals surface area contributed by atoms with Gasteiger partial charge in [-0.1, -0.05) is 13.3 Å². The van der Waals surface area contributed by atoms with Crippen molar-refractivity contribution in [1.82, 2.24) is 4.98 Å². The molecule has 0 saturated carbocycles. The molecule has 2 heteroatoms. The van der Waals surface area contributed by atoms with Crippen molar-refractivity contribution in [3.05, 3.63) is 33.7 Å². The van der Waals surface area contributed by atoms with E-state index in [4.69, 9.17) is 0 Å². The Morgan fingerprint density at radius 3 is 2.73 bits per heavy atom. The summed E-state index contributed by atoms with van der Waals surface area (Å²) < 4.78 is 0. The lowest BCUT2D eigenvalue weighted by Crippen LogP contribution is -2.06. The molecule has 0 fully saturated rings. The Bertz CT molecular complexity index is 288. The van der Waals surface area contributed by atoms with Crippen LogP contribution in [0.25, 0.3) is 0 Å². The van der Waals surface area contributed by atoms with Crippen LogP contribution < -0.4 is 5.56 Å². The highest BCUT2D eigenvalue weighted by Crippen LogP contribution is 2.00. The van der Waals surface area contributed by atoms with E-state index in [0.717, 1.165) is 24.1 Å². The number of H-pyrrole nitrogens is 1. The molecule has 0 radical (unpaired) electrons. The van der Waals surface area contributed by atoms with Gasteiger partial charge >= 0.3 is 0 Å². The monoisotopic (exact) mass is 151 g/mol. The standard InChI is InChI=1S/C9H13NO/c1-3-4-8-5-7(2)10-9(11)6-8/h5-6H,3-4H2,1-2H3,(H,10,11). The van der Waals surface area contributed by atoms with Crippen molar-refractivity contribution in [3.63, 3.8) is 0 Å². The molecule has 0 aliphatic heterocycles. The molecule has 1 heterocycles. The summed E-state index contributed by atoms with van der Waals surface area (Å²) >= 11 is 0. The molecule has 0 aliphatic carbocycles. The SMILES string of the molecule is CCCc1cc(C)[nH]c(=O)c1. The Balaban J connectivity index is 2.99. The summed E-state index contributed by atoms with van der Waals surface area (Å²) in [4.78, 5) is 13.6. The molecule has 0 aliphatic rings. The first-order chi connectivity index (χ1) is 5.22. The molecule has 60 valence electrons. The molecule has 0 saturated heterocycles. The average molecular weight is 151 g/mol. The quantitative estimate of drug-likeness (QED) is 0.684. The maximum absolute atomic E-state index is 10.9. The van der Waals surface area contributed by atoms with Crippen LogP contribution in [0, 0.1) is 6.92 Å². The van der Waals surface area contributed by atoms with Crippen molar-refractivity contribution in [2.45, 2.75) is 26.7 Å². The van der Waals surface area contributed by atoms with E-state index < -0.39 is 0 Å². The molecule has 1 N–H and O–H groups in total. The van der Waals surface area contributed by atoms with Crippen LogP contribution in [0.1, 0.15) is 24.6 Å². The van der Waals surface area contributed by atoms with Crippen LogP contribution in [0.3, 0.4) is 0 Å². The Hall–Kier alpha value is -1.05. The highest BCUT2D eigenvalue weighted by Gasteiger charge is 1.93. The second-order valence-corrected chi connectivity index (χ2v) is 2.79. The molecule has 0 unspecified atom stereocenters. The van der Waals surface area contributed by atoms with Crippen LogP contribution in [-0.4, -0.2) is 4.98 Å². The summed E-state index contributed by atoms with van der Waals surface area (Å²) in [6.07, 6.45) is 2.08. The van der Waals surface area contributed by atoms with Gasteiger partial charge in [0.1, 0.15) is 0 Å². The molecule has 0 atom stereocenters. The lowest BCUT2D eigenvalue weighted by Gasteiger charge is -1.98. The van der Waals surface area contributed by atoms with Crippen LogP contribution in [0.2, 0.25) is 0 Å². The van der Waals surface area contributed by atoms with Gasteiger partial charge in [0.15, 0.2) is 0 Å². The van der Waals surface area contributed by atoms with E-state index >= 15 is 0 Å². The van der Waals surface area contributed by atoms with E-state index in [1.807, 2.05) is 13.0 Å². The van der Waals surface area contributed by atoms with Gasteiger partial charge in [-0.3, -0.25) is 4.79 Å². The zero-order valence-electron chi connectivity index (χ0n) is 6.98. The molecule has 0 bridgehead atoms. The van der Waals surface area contributed by atoms with Gasteiger partial charge in [0, 0.05) is 11.8 Å². The topological polar surface area (TPSA) is 32.9 Å². The summed E-state index contributed by atoms with van der Waals surface area (Å²) in [5.41, 5.74) is 2.09. The molecule has 1 aromatic rings. The van der Waals surface area contributed by atoms with Crippen LogP contribution in [-0.2, 0) is 6.42 Å². The van der Waals surface area contributed by atoms with E-state index in [1.165, 1.54) is 0 Å². The predicted molar refractivity (Wildman–Crippen MR) is 45.8 cm³/mol. The van der Waals surface area contributed by atoms with E-state index in [-0.39, 0.29) is 5.56 Å². The van der Waals surface area contributed by atoms with Crippen molar-refractivity contribution in [2.75, 3.05) is 0 Å². The maximum Gasteiger partial charge on any atom is 0.248 e. The first kappa shape index (κ1) is 8.05. The molecule has 0 aromatic carbocycles. The summed E-state index contributed by atoms with van der Waals surface area (Å²) in [5.74, 6) is 0. The summed E-state index contributed by atoms with van der Waals surface area (Å²) in [5, 5.41) is 0. The zero-order chi connectivity index (χ0) is 8.27.